The molecule has 0 fully saturated rings. The number of hydrogen-bond acceptors (Lipinski definition) is 6. The maximum Gasteiger partial charge on any atom is 0.157 e. The van der Waals surface area contributed by atoms with Gasteiger partial charge in [0.05, 0.1) is 13.2 Å². The van der Waals surface area contributed by atoms with Gasteiger partial charge in [0.15, 0.2) is 5.82 Å². The van der Waals surface area contributed by atoms with E-state index in [4.69, 9.17) is 27.4 Å². The molecule has 1 rings (SSSR count). The first-order valence-corrected chi connectivity index (χ1v) is 7.12. The summed E-state index contributed by atoms with van der Waals surface area (Å²) in [7, 11) is 0. The molecule has 0 amide bonds. The molecule has 0 saturated heterocycles. The van der Waals surface area contributed by atoms with Crippen molar-refractivity contribution in [3.63, 3.8) is 0 Å². The maximum absolute atomic E-state index is 5.70. The van der Waals surface area contributed by atoms with Crippen molar-refractivity contribution in [2.75, 3.05) is 44.4 Å². The van der Waals surface area contributed by atoms with Gasteiger partial charge in [-0.25, -0.2) is 9.97 Å². The Morgan fingerprint density at radius 1 is 1.15 bits per heavy atom. The zero-order chi connectivity index (χ0) is 14.8. The summed E-state index contributed by atoms with van der Waals surface area (Å²) in [4.78, 5) is 10.8. The van der Waals surface area contributed by atoms with Gasteiger partial charge in [-0.15, -0.1) is 0 Å². The Labute approximate surface area is 125 Å². The van der Waals surface area contributed by atoms with Crippen LogP contribution in [-0.4, -0.2) is 54.5 Å². The summed E-state index contributed by atoms with van der Waals surface area (Å²) in [5.41, 5.74) is 6.24. The number of thiocarbonyl (C=S) groups is 1. The molecule has 1 aromatic rings. The van der Waals surface area contributed by atoms with Gasteiger partial charge in [0.2, 0.25) is 0 Å². The summed E-state index contributed by atoms with van der Waals surface area (Å²) in [6.45, 7) is 7.89. The van der Waals surface area contributed by atoms with E-state index >= 15 is 0 Å². The normalized spacial score (nSPS) is 10.5. The van der Waals surface area contributed by atoms with E-state index in [-0.39, 0.29) is 4.99 Å². The first-order chi connectivity index (χ1) is 9.70. The highest BCUT2D eigenvalue weighted by atomic mass is 32.1. The first kappa shape index (κ1) is 16.7. The van der Waals surface area contributed by atoms with E-state index in [1.54, 1.807) is 12.4 Å². The molecule has 0 aliphatic heterocycles. The van der Waals surface area contributed by atoms with Gasteiger partial charge in [-0.3, -0.25) is 0 Å². The fourth-order valence-corrected chi connectivity index (χ4v) is 1.84. The highest BCUT2D eigenvalue weighted by Crippen LogP contribution is 2.14. The van der Waals surface area contributed by atoms with Crippen molar-refractivity contribution in [3.05, 3.63) is 18.1 Å². The van der Waals surface area contributed by atoms with Gasteiger partial charge in [-0.1, -0.05) is 12.2 Å². The van der Waals surface area contributed by atoms with Gasteiger partial charge in [-0.2, -0.15) is 0 Å². The lowest BCUT2D eigenvalue weighted by Crippen LogP contribution is -2.34. The quantitative estimate of drug-likeness (QED) is 0.510. The Kier molecular flexibility index (Phi) is 8.01. The molecule has 6 nitrogen and oxygen atoms in total. The highest BCUT2D eigenvalue weighted by Gasteiger charge is 2.15. The van der Waals surface area contributed by atoms with E-state index in [1.807, 2.05) is 18.7 Å². The molecule has 0 saturated carbocycles. The first-order valence-electron chi connectivity index (χ1n) is 6.71. The molecule has 0 atom stereocenters. The van der Waals surface area contributed by atoms with Crippen molar-refractivity contribution in [1.29, 1.82) is 0 Å². The molecule has 20 heavy (non-hydrogen) atoms. The topological polar surface area (TPSA) is 73.5 Å². The van der Waals surface area contributed by atoms with E-state index in [1.165, 1.54) is 0 Å². The molecule has 0 bridgehead atoms. The Balaban J connectivity index is 2.81. The lowest BCUT2D eigenvalue weighted by atomic mass is 10.3. The Hall–Kier alpha value is -1.31. The lowest BCUT2D eigenvalue weighted by Gasteiger charge is -2.24. The molecule has 7 heteroatoms. The molecular weight excluding hydrogens is 276 g/mol. The van der Waals surface area contributed by atoms with Crippen molar-refractivity contribution >= 4 is 23.0 Å². The van der Waals surface area contributed by atoms with E-state index in [2.05, 4.69) is 9.97 Å². The van der Waals surface area contributed by atoms with Crippen molar-refractivity contribution < 1.29 is 9.47 Å². The minimum absolute atomic E-state index is 0.242. The van der Waals surface area contributed by atoms with Crippen LogP contribution in [0.5, 0.6) is 0 Å². The van der Waals surface area contributed by atoms with Gasteiger partial charge in [-0.05, 0) is 13.8 Å². The van der Waals surface area contributed by atoms with Gasteiger partial charge in [0.1, 0.15) is 10.7 Å². The number of nitrogens with zero attached hydrogens (tertiary/aromatic N) is 3. The van der Waals surface area contributed by atoms with Crippen molar-refractivity contribution in [2.24, 2.45) is 5.73 Å². The van der Waals surface area contributed by atoms with Crippen LogP contribution in [0.1, 0.15) is 19.5 Å². The molecule has 0 spiro atoms. The SMILES string of the molecule is CCOCCN(CCOCC)c1nccnc1C(N)=S. The molecule has 2 N–H and O–H groups in total. The molecule has 112 valence electrons. The summed E-state index contributed by atoms with van der Waals surface area (Å²) in [6.07, 6.45) is 3.22. The predicted molar refractivity (Wildman–Crippen MR) is 83.1 cm³/mol. The largest absolute Gasteiger partial charge is 0.388 e. The zero-order valence-electron chi connectivity index (χ0n) is 12.0. The van der Waals surface area contributed by atoms with E-state index < -0.39 is 0 Å². The monoisotopic (exact) mass is 298 g/mol. The summed E-state index contributed by atoms with van der Waals surface area (Å²) in [5, 5.41) is 0. The predicted octanol–water partition coefficient (Wildman–Crippen LogP) is 0.990. The van der Waals surface area contributed by atoms with Gasteiger partial charge >= 0.3 is 0 Å². The van der Waals surface area contributed by atoms with Crippen molar-refractivity contribution in [3.8, 4) is 0 Å². The number of ether oxygens (including phenoxy) is 2. The van der Waals surface area contributed by atoms with E-state index in [0.717, 1.165) is 0 Å². The van der Waals surface area contributed by atoms with Gasteiger partial charge in [0.25, 0.3) is 0 Å². The Morgan fingerprint density at radius 3 is 2.20 bits per heavy atom. The smallest absolute Gasteiger partial charge is 0.157 e. The molecular formula is C13H22N4O2S. The van der Waals surface area contributed by atoms with Crippen LogP contribution in [0.4, 0.5) is 5.82 Å². The third kappa shape index (κ3) is 5.36. The Bertz CT molecular complexity index is 407. The van der Waals surface area contributed by atoms with E-state index in [9.17, 15) is 0 Å². The molecule has 1 heterocycles. The standard InChI is InChI=1S/C13H22N4O2S/c1-3-18-9-7-17(8-10-19-4-2)13-11(12(14)20)15-5-6-16-13/h5-6H,3-4,7-10H2,1-2H3,(H2,14,20). The van der Waals surface area contributed by atoms with Crippen LogP contribution in [0, 0.1) is 0 Å². The molecule has 0 aromatic carbocycles. The second-order valence-electron chi connectivity index (χ2n) is 3.97. The van der Waals surface area contributed by atoms with E-state index in [0.29, 0.717) is 51.0 Å². The molecule has 0 unspecified atom stereocenters. The number of aromatic nitrogens is 2. The van der Waals surface area contributed by atoms with Crippen molar-refractivity contribution in [1.82, 2.24) is 9.97 Å². The highest BCUT2D eigenvalue weighted by molar-refractivity contribution is 7.80. The number of nitrogens with two attached hydrogens (primary N) is 1. The van der Waals surface area contributed by atoms with Crippen LogP contribution in [0.2, 0.25) is 0 Å². The lowest BCUT2D eigenvalue weighted by molar-refractivity contribution is 0.141. The van der Waals surface area contributed by atoms with Crippen LogP contribution >= 0.6 is 12.2 Å². The average Bonchev–Trinajstić information content (AvgIpc) is 2.46. The van der Waals surface area contributed by atoms with Crippen molar-refractivity contribution in [2.45, 2.75) is 13.8 Å². The number of hydrogen-bond donors (Lipinski definition) is 1. The van der Waals surface area contributed by atoms with Crippen LogP contribution in [0.15, 0.2) is 12.4 Å². The third-order valence-corrected chi connectivity index (χ3v) is 2.82. The summed E-state index contributed by atoms with van der Waals surface area (Å²) in [5.74, 6) is 0.680. The average molecular weight is 298 g/mol. The summed E-state index contributed by atoms with van der Waals surface area (Å²) in [6, 6.07) is 0. The van der Waals surface area contributed by atoms with Gasteiger partial charge < -0.3 is 20.1 Å². The number of rotatable bonds is 10. The Morgan fingerprint density at radius 2 is 1.70 bits per heavy atom. The minimum atomic E-state index is 0.242. The minimum Gasteiger partial charge on any atom is -0.388 e. The van der Waals surface area contributed by atoms with Gasteiger partial charge in [0, 0.05) is 38.7 Å². The van der Waals surface area contributed by atoms with Crippen LogP contribution in [0.3, 0.4) is 0 Å². The molecule has 1 aromatic heterocycles. The van der Waals surface area contributed by atoms with Crippen LogP contribution < -0.4 is 10.6 Å². The zero-order valence-corrected chi connectivity index (χ0v) is 12.9. The van der Waals surface area contributed by atoms with Crippen LogP contribution in [0.25, 0.3) is 0 Å². The van der Waals surface area contributed by atoms with Crippen LogP contribution in [-0.2, 0) is 9.47 Å². The summed E-state index contributed by atoms with van der Waals surface area (Å²) >= 11 is 5.03. The second-order valence-corrected chi connectivity index (χ2v) is 4.41. The third-order valence-electron chi connectivity index (χ3n) is 2.63. The molecule has 0 aliphatic carbocycles. The maximum atomic E-state index is 5.70. The second kappa shape index (κ2) is 9.57. The molecule has 0 aliphatic rings. The molecule has 0 radical (unpaired) electrons. The fraction of sp³-hybridized carbons (Fsp3) is 0.615. The fourth-order valence-electron chi connectivity index (χ4n) is 1.70. The summed E-state index contributed by atoms with van der Waals surface area (Å²) < 4.78 is 10.8. The number of anilines is 1.